The third-order valence-corrected chi connectivity index (χ3v) is 5.05. The SMILES string of the molecule is CN(CC(=O)Nc1ccc(Cl)cc1)CC(=O)N1CCN(c2ccc(O)cc2)CC1. The fraction of sp³-hybridized carbons (Fsp3) is 0.333. The van der Waals surface area contributed by atoms with Gasteiger partial charge in [0.25, 0.3) is 0 Å². The highest BCUT2D eigenvalue weighted by Gasteiger charge is 2.22. The Kier molecular flexibility index (Phi) is 6.95. The van der Waals surface area contributed by atoms with Crippen molar-refractivity contribution >= 4 is 34.8 Å². The summed E-state index contributed by atoms with van der Waals surface area (Å²) < 4.78 is 0. The maximum atomic E-state index is 12.6. The number of halogens is 1. The number of carbonyl (C=O) groups is 2. The van der Waals surface area contributed by atoms with Gasteiger partial charge in [0.15, 0.2) is 0 Å². The second-order valence-corrected chi connectivity index (χ2v) is 7.55. The molecule has 2 amide bonds. The Labute approximate surface area is 175 Å². The van der Waals surface area contributed by atoms with E-state index in [1.165, 1.54) is 0 Å². The third-order valence-electron chi connectivity index (χ3n) is 4.79. The van der Waals surface area contributed by atoms with Gasteiger partial charge in [-0.2, -0.15) is 0 Å². The molecule has 0 radical (unpaired) electrons. The Morgan fingerprint density at radius 3 is 2.24 bits per heavy atom. The number of hydrogen-bond acceptors (Lipinski definition) is 5. The monoisotopic (exact) mass is 416 g/mol. The van der Waals surface area contributed by atoms with E-state index in [1.807, 2.05) is 17.0 Å². The zero-order valence-corrected chi connectivity index (χ0v) is 17.1. The van der Waals surface area contributed by atoms with Crippen LogP contribution in [0.1, 0.15) is 0 Å². The highest BCUT2D eigenvalue weighted by atomic mass is 35.5. The van der Waals surface area contributed by atoms with Gasteiger partial charge < -0.3 is 20.2 Å². The quantitative estimate of drug-likeness (QED) is 0.755. The molecule has 0 aliphatic carbocycles. The van der Waals surface area contributed by atoms with Crippen molar-refractivity contribution in [3.05, 3.63) is 53.6 Å². The molecule has 0 bridgehead atoms. The summed E-state index contributed by atoms with van der Waals surface area (Å²) in [4.78, 5) is 30.4. The van der Waals surface area contributed by atoms with Crippen molar-refractivity contribution < 1.29 is 14.7 Å². The number of rotatable bonds is 6. The first-order valence-electron chi connectivity index (χ1n) is 9.46. The number of benzene rings is 2. The molecule has 154 valence electrons. The van der Waals surface area contributed by atoms with Crippen LogP contribution in [-0.2, 0) is 9.59 Å². The minimum atomic E-state index is -0.181. The van der Waals surface area contributed by atoms with Gasteiger partial charge in [0.05, 0.1) is 13.1 Å². The average Bonchev–Trinajstić information content (AvgIpc) is 2.70. The number of carbonyl (C=O) groups excluding carboxylic acids is 2. The maximum absolute atomic E-state index is 12.6. The summed E-state index contributed by atoms with van der Waals surface area (Å²) in [5.41, 5.74) is 1.70. The van der Waals surface area contributed by atoms with Crippen LogP contribution in [0.5, 0.6) is 5.75 Å². The van der Waals surface area contributed by atoms with E-state index in [0.717, 1.165) is 18.8 Å². The zero-order chi connectivity index (χ0) is 20.8. The van der Waals surface area contributed by atoms with E-state index in [-0.39, 0.29) is 30.7 Å². The van der Waals surface area contributed by atoms with Gasteiger partial charge in [0, 0.05) is 42.6 Å². The van der Waals surface area contributed by atoms with Crippen LogP contribution in [0.3, 0.4) is 0 Å². The Hall–Kier alpha value is -2.77. The number of nitrogens with one attached hydrogen (secondary N) is 1. The lowest BCUT2D eigenvalue weighted by molar-refractivity contribution is -0.132. The Bertz CT molecular complexity index is 834. The number of likely N-dealkylation sites (N-methyl/N-ethyl adjacent to an activating group) is 1. The summed E-state index contributed by atoms with van der Waals surface area (Å²) in [5, 5.41) is 12.8. The van der Waals surface area contributed by atoms with Crippen molar-refractivity contribution in [2.75, 3.05) is 56.5 Å². The van der Waals surface area contributed by atoms with E-state index in [4.69, 9.17) is 11.6 Å². The molecule has 8 heteroatoms. The van der Waals surface area contributed by atoms with Crippen molar-refractivity contribution in [1.82, 2.24) is 9.80 Å². The molecule has 0 atom stereocenters. The number of phenols is 1. The van der Waals surface area contributed by atoms with Crippen molar-refractivity contribution in [1.29, 1.82) is 0 Å². The Morgan fingerprint density at radius 2 is 1.62 bits per heavy atom. The third kappa shape index (κ3) is 6.10. The Morgan fingerprint density at radius 1 is 1.00 bits per heavy atom. The van der Waals surface area contributed by atoms with E-state index in [1.54, 1.807) is 48.3 Å². The summed E-state index contributed by atoms with van der Waals surface area (Å²) in [5.74, 6) is 0.0719. The molecule has 1 saturated heterocycles. The van der Waals surface area contributed by atoms with E-state index in [9.17, 15) is 14.7 Å². The lowest BCUT2D eigenvalue weighted by Gasteiger charge is -2.36. The summed E-state index contributed by atoms with van der Waals surface area (Å²) >= 11 is 5.84. The van der Waals surface area contributed by atoms with Crippen LogP contribution in [0.15, 0.2) is 48.5 Å². The number of hydrogen-bond donors (Lipinski definition) is 2. The first kappa shape index (κ1) is 21.0. The summed E-state index contributed by atoms with van der Waals surface area (Å²) in [6.45, 7) is 3.04. The van der Waals surface area contributed by atoms with Gasteiger partial charge in [-0.25, -0.2) is 0 Å². The van der Waals surface area contributed by atoms with Crippen LogP contribution in [0, 0.1) is 0 Å². The molecule has 1 fully saturated rings. The molecule has 3 rings (SSSR count). The number of phenolic OH excluding ortho intramolecular Hbond substituents is 1. The van der Waals surface area contributed by atoms with Gasteiger partial charge in [-0.3, -0.25) is 14.5 Å². The second-order valence-electron chi connectivity index (χ2n) is 7.11. The molecule has 29 heavy (non-hydrogen) atoms. The molecule has 0 aromatic heterocycles. The van der Waals surface area contributed by atoms with E-state index in [2.05, 4.69) is 10.2 Å². The number of piperazine rings is 1. The first-order chi connectivity index (χ1) is 13.9. The van der Waals surface area contributed by atoms with Gasteiger partial charge in [0.1, 0.15) is 5.75 Å². The molecule has 1 aliphatic rings. The van der Waals surface area contributed by atoms with Crippen LogP contribution in [0.2, 0.25) is 5.02 Å². The largest absolute Gasteiger partial charge is 0.508 e. The minimum Gasteiger partial charge on any atom is -0.508 e. The fourth-order valence-corrected chi connectivity index (χ4v) is 3.37. The Balaban J connectivity index is 1.42. The molecule has 2 N–H and O–H groups in total. The van der Waals surface area contributed by atoms with Crippen LogP contribution in [0.25, 0.3) is 0 Å². The van der Waals surface area contributed by atoms with Gasteiger partial charge in [-0.1, -0.05) is 11.6 Å². The molecule has 0 saturated carbocycles. The summed E-state index contributed by atoms with van der Waals surface area (Å²) in [6.07, 6.45) is 0. The highest BCUT2D eigenvalue weighted by Crippen LogP contribution is 2.20. The predicted molar refractivity (Wildman–Crippen MR) is 114 cm³/mol. The topological polar surface area (TPSA) is 76.1 Å². The van der Waals surface area contributed by atoms with Crippen LogP contribution < -0.4 is 10.2 Å². The standard InChI is InChI=1S/C21H25ClN4O3/c1-24(14-20(28)23-17-4-2-16(22)3-5-17)15-21(29)26-12-10-25(11-13-26)18-6-8-19(27)9-7-18/h2-9,27H,10-15H2,1H3,(H,23,28). The van der Waals surface area contributed by atoms with Gasteiger partial charge in [0.2, 0.25) is 11.8 Å². The molecule has 1 heterocycles. The number of nitrogens with zero attached hydrogens (tertiary/aromatic N) is 3. The maximum Gasteiger partial charge on any atom is 0.238 e. The molecule has 2 aromatic rings. The lowest BCUT2D eigenvalue weighted by atomic mass is 10.2. The van der Waals surface area contributed by atoms with Crippen LogP contribution in [0.4, 0.5) is 11.4 Å². The summed E-state index contributed by atoms with van der Waals surface area (Å²) in [7, 11) is 1.76. The number of anilines is 2. The summed E-state index contributed by atoms with van der Waals surface area (Å²) in [6, 6.07) is 14.0. The van der Waals surface area contributed by atoms with E-state index >= 15 is 0 Å². The second kappa shape index (κ2) is 9.62. The van der Waals surface area contributed by atoms with Crippen molar-refractivity contribution in [3.8, 4) is 5.75 Å². The zero-order valence-electron chi connectivity index (χ0n) is 16.3. The molecule has 2 aromatic carbocycles. The first-order valence-corrected chi connectivity index (χ1v) is 9.84. The van der Waals surface area contributed by atoms with Crippen molar-refractivity contribution in [2.24, 2.45) is 0 Å². The van der Waals surface area contributed by atoms with Crippen LogP contribution >= 0.6 is 11.6 Å². The smallest absolute Gasteiger partial charge is 0.238 e. The van der Waals surface area contributed by atoms with Crippen molar-refractivity contribution in [3.63, 3.8) is 0 Å². The highest BCUT2D eigenvalue weighted by molar-refractivity contribution is 6.30. The van der Waals surface area contributed by atoms with Gasteiger partial charge >= 0.3 is 0 Å². The fourth-order valence-electron chi connectivity index (χ4n) is 3.24. The van der Waals surface area contributed by atoms with E-state index in [0.29, 0.717) is 23.8 Å². The predicted octanol–water partition coefficient (Wildman–Crippen LogP) is 2.26. The molecule has 0 spiro atoms. The molecule has 0 unspecified atom stereocenters. The molecular weight excluding hydrogens is 392 g/mol. The average molecular weight is 417 g/mol. The van der Waals surface area contributed by atoms with Crippen molar-refractivity contribution in [2.45, 2.75) is 0 Å². The lowest BCUT2D eigenvalue weighted by Crippen LogP contribution is -2.51. The number of aromatic hydroxyl groups is 1. The van der Waals surface area contributed by atoms with Gasteiger partial charge in [-0.05, 0) is 55.6 Å². The molecule has 7 nitrogen and oxygen atoms in total. The van der Waals surface area contributed by atoms with Gasteiger partial charge in [-0.15, -0.1) is 0 Å². The molecular formula is C21H25ClN4O3. The van der Waals surface area contributed by atoms with Crippen LogP contribution in [-0.4, -0.2) is 73.0 Å². The minimum absolute atomic E-state index is 0.0112. The van der Waals surface area contributed by atoms with E-state index < -0.39 is 0 Å². The number of amides is 2. The molecule has 1 aliphatic heterocycles. The normalized spacial score (nSPS) is 14.2.